The minimum atomic E-state index is -0.938. The van der Waals surface area contributed by atoms with Crippen molar-refractivity contribution in [1.82, 2.24) is 10.3 Å². The number of ether oxygens (including phenoxy) is 1. The number of nitrogen functional groups attached to an aromatic ring is 1. The van der Waals surface area contributed by atoms with Crippen molar-refractivity contribution in [1.29, 1.82) is 0 Å². The van der Waals surface area contributed by atoms with E-state index in [1.807, 2.05) is 12.3 Å². The number of phenols is 1. The van der Waals surface area contributed by atoms with Gasteiger partial charge in [0.25, 0.3) is 0 Å². The molecular weight excluding hydrogens is 709 g/mol. The van der Waals surface area contributed by atoms with Crippen molar-refractivity contribution in [2.75, 3.05) is 32.5 Å². The van der Waals surface area contributed by atoms with Gasteiger partial charge in [0.05, 0.1) is 25.9 Å². The number of hydrogen-bond acceptors (Lipinski definition) is 11. The fourth-order valence-corrected chi connectivity index (χ4v) is 9.38. The number of nitrogens with two attached hydrogens (primary N) is 1. The van der Waals surface area contributed by atoms with Crippen LogP contribution in [0.2, 0.25) is 0 Å². The fourth-order valence-electron chi connectivity index (χ4n) is 9.38. The number of aliphatic imine (C=N–C) groups is 1. The van der Waals surface area contributed by atoms with Gasteiger partial charge >= 0.3 is 0 Å². The average Bonchev–Trinajstić information content (AvgIpc) is 3.72. The molecule has 1 saturated carbocycles. The molecule has 56 heavy (non-hydrogen) atoms. The van der Waals surface area contributed by atoms with Gasteiger partial charge in [-0.15, -0.1) is 0 Å². The van der Waals surface area contributed by atoms with Crippen LogP contribution in [0.1, 0.15) is 105 Å². The van der Waals surface area contributed by atoms with Crippen molar-refractivity contribution in [3.8, 4) is 23.3 Å². The number of aliphatic hydroxyl groups is 3. The van der Waals surface area contributed by atoms with Crippen LogP contribution in [0.15, 0.2) is 41.0 Å². The molecule has 1 aromatic carbocycles. The Morgan fingerprint density at radius 1 is 1.04 bits per heavy atom. The van der Waals surface area contributed by atoms with E-state index in [0.717, 1.165) is 53.6 Å². The molecule has 0 radical (unpaired) electrons. The third kappa shape index (κ3) is 10.9. The summed E-state index contributed by atoms with van der Waals surface area (Å²) in [7, 11) is 1.49. The van der Waals surface area contributed by atoms with Crippen molar-refractivity contribution in [3.63, 3.8) is 0 Å². The number of anilines is 1. The first-order valence-electron chi connectivity index (χ1n) is 20.7. The Kier molecular flexibility index (Phi) is 14.7. The van der Waals surface area contributed by atoms with Crippen molar-refractivity contribution in [2.24, 2.45) is 28.7 Å². The number of ketones is 2. The van der Waals surface area contributed by atoms with Crippen LogP contribution in [0.3, 0.4) is 0 Å². The Morgan fingerprint density at radius 3 is 2.68 bits per heavy atom. The van der Waals surface area contributed by atoms with Crippen molar-refractivity contribution >= 4 is 23.6 Å². The van der Waals surface area contributed by atoms with Crippen molar-refractivity contribution < 1.29 is 34.8 Å². The molecule has 8 atom stereocenters. The number of phenolic OH excluding ortho intramolecular Hbond substituents is 1. The normalized spacial score (nSPS) is 25.1. The summed E-state index contributed by atoms with van der Waals surface area (Å²) in [6.07, 6.45) is 13.5. The molecule has 11 heteroatoms. The van der Waals surface area contributed by atoms with E-state index in [1.54, 1.807) is 18.3 Å². The van der Waals surface area contributed by atoms with E-state index in [9.17, 15) is 30.0 Å². The van der Waals surface area contributed by atoms with E-state index < -0.39 is 18.1 Å². The van der Waals surface area contributed by atoms with Crippen LogP contribution in [-0.4, -0.2) is 88.2 Å². The summed E-state index contributed by atoms with van der Waals surface area (Å²) in [5.41, 5.74) is 11.0. The summed E-state index contributed by atoms with van der Waals surface area (Å²) in [5, 5.41) is 47.1. The van der Waals surface area contributed by atoms with Crippen LogP contribution < -0.4 is 15.8 Å². The second-order valence-corrected chi connectivity index (χ2v) is 16.4. The molecule has 7 N–H and O–H groups in total. The highest BCUT2D eigenvalue weighted by Crippen LogP contribution is 2.39. The lowest BCUT2D eigenvalue weighted by atomic mass is 9.71. The molecule has 0 amide bonds. The molecule has 1 aromatic heterocycles. The van der Waals surface area contributed by atoms with Crippen molar-refractivity contribution in [3.05, 3.63) is 58.3 Å². The maximum absolute atomic E-state index is 13.7. The van der Waals surface area contributed by atoms with Gasteiger partial charge in [-0.05, 0) is 135 Å². The minimum absolute atomic E-state index is 0.0101. The highest BCUT2D eigenvalue weighted by Gasteiger charge is 2.37. The van der Waals surface area contributed by atoms with Crippen LogP contribution in [0.25, 0.3) is 0 Å². The largest absolute Gasteiger partial charge is 0.504 e. The number of aryl methyl sites for hydroxylation is 2. The zero-order valence-corrected chi connectivity index (χ0v) is 32.8. The maximum atomic E-state index is 13.7. The number of nitrogens with one attached hydrogen (secondary N) is 1. The second kappa shape index (κ2) is 19.9. The topological polar surface area (TPSA) is 188 Å². The number of piperidine rings is 1. The number of aromatic nitrogens is 1. The first-order chi connectivity index (χ1) is 27.1. The first kappa shape index (κ1) is 41.6. The molecule has 0 unspecified atom stereocenters. The number of aliphatic hydroxyl groups excluding tert-OH is 3. The lowest BCUT2D eigenvalue weighted by molar-refractivity contribution is -0.124. The Labute approximate surface area is 331 Å². The van der Waals surface area contributed by atoms with E-state index in [2.05, 4.69) is 33.2 Å². The number of nitrogens with zero attached hydrogens (tertiary/aromatic N) is 2. The molecule has 6 rings (SSSR count). The van der Waals surface area contributed by atoms with Gasteiger partial charge in [0.1, 0.15) is 17.5 Å². The summed E-state index contributed by atoms with van der Waals surface area (Å²) >= 11 is 0. The number of hydrogen-bond donors (Lipinski definition) is 6. The quantitative estimate of drug-likeness (QED) is 0.122. The smallest absolute Gasteiger partial charge is 0.160 e. The van der Waals surface area contributed by atoms with Gasteiger partial charge < -0.3 is 36.2 Å². The van der Waals surface area contributed by atoms with Crippen LogP contribution in [0.5, 0.6) is 11.5 Å². The van der Waals surface area contributed by atoms with Crippen LogP contribution >= 0.6 is 0 Å². The third-order valence-electron chi connectivity index (χ3n) is 12.7. The third-order valence-corrected chi connectivity index (χ3v) is 12.7. The number of benzene rings is 1. The molecule has 11 nitrogen and oxygen atoms in total. The zero-order chi connectivity index (χ0) is 39.6. The summed E-state index contributed by atoms with van der Waals surface area (Å²) < 4.78 is 5.41. The molecular formula is C45H60N4O7. The monoisotopic (exact) mass is 768 g/mol. The Morgan fingerprint density at radius 2 is 1.89 bits per heavy atom. The van der Waals surface area contributed by atoms with Crippen molar-refractivity contribution in [2.45, 2.75) is 120 Å². The first-order valence-corrected chi connectivity index (χ1v) is 20.7. The van der Waals surface area contributed by atoms with Gasteiger partial charge in [-0.25, -0.2) is 4.98 Å². The van der Waals surface area contributed by atoms with E-state index in [1.165, 1.54) is 7.11 Å². The zero-order valence-electron chi connectivity index (χ0n) is 32.8. The molecule has 2 fully saturated rings. The van der Waals surface area contributed by atoms with Gasteiger partial charge in [-0.1, -0.05) is 24.3 Å². The number of methoxy groups -OCH3 is 1. The highest BCUT2D eigenvalue weighted by molar-refractivity contribution is 5.85. The average molecular weight is 769 g/mol. The van der Waals surface area contributed by atoms with Gasteiger partial charge in [-0.3, -0.25) is 14.6 Å². The molecule has 3 heterocycles. The molecule has 0 spiro atoms. The fraction of sp³-hybridized carbons (Fsp3) is 0.600. The molecule has 2 aliphatic heterocycles. The Balaban J connectivity index is 1.11. The number of aromatic hydroxyl groups is 1. The molecule has 4 aliphatic rings. The molecule has 0 bridgehead atoms. The number of carbonyl (C=O) groups is 2. The second-order valence-electron chi connectivity index (χ2n) is 16.4. The van der Waals surface area contributed by atoms with Crippen LogP contribution in [0, 0.1) is 35.5 Å². The lowest BCUT2D eigenvalue weighted by Gasteiger charge is -2.42. The van der Waals surface area contributed by atoms with Gasteiger partial charge in [-0.2, -0.15) is 0 Å². The van der Waals surface area contributed by atoms with E-state index in [4.69, 9.17) is 10.5 Å². The van der Waals surface area contributed by atoms with Gasteiger partial charge in [0, 0.05) is 56.7 Å². The standard InChI is InChI=1S/C45H60N4O7/c1-56-44-21-32-9-14-42(54)38(41(53)4-2-3-29(16-18-50)35-20-33-7-12-37(52)23-40(33)48-26-35)13-8-30(39(32)24-43(44)55)5-10-36(51)11-6-31-22-45(46)49-27-34(31)19-28-15-17-47-25-28/h15,21-22,24-25,27,29-30,33,35-36,38,40-41,48,50-51,53,55H,2-7,9-12,14,16-20,23,26H2,1H3,(H2,46,49)/t29-,30-,33-,35+,36+,38-,40-,41-/m1/s1. The lowest BCUT2D eigenvalue weighted by Crippen LogP contribution is -2.50. The SMILES string of the molecule is COc1cc2c(cc1O)[C@H](CC[C@H](O)CCc1cc(N)ncc1CC1=CCN=C1)C#C[C@H]([C@H](O)CCC[C@H](CCO)[C@@H]1CN[C@@H]3CC(=O)CC[C@@H]3C1)C(=O)CC2. The number of allylic oxidation sites excluding steroid dienone is 1. The summed E-state index contributed by atoms with van der Waals surface area (Å²) in [6, 6.07) is 5.58. The minimum Gasteiger partial charge on any atom is -0.504 e. The van der Waals surface area contributed by atoms with Crippen LogP contribution in [-0.2, 0) is 28.9 Å². The van der Waals surface area contributed by atoms with E-state index in [0.29, 0.717) is 106 Å². The predicted octanol–water partition coefficient (Wildman–Crippen LogP) is 4.80. The summed E-state index contributed by atoms with van der Waals surface area (Å²) in [4.78, 5) is 34.3. The summed E-state index contributed by atoms with van der Waals surface area (Å²) in [5.74, 6) is 7.43. The van der Waals surface area contributed by atoms with E-state index in [-0.39, 0.29) is 42.4 Å². The Bertz CT molecular complexity index is 1810. The number of rotatable bonds is 17. The van der Waals surface area contributed by atoms with E-state index >= 15 is 0 Å². The number of Topliss-reactive ketones (excluding diaryl/α,β-unsaturated/α-hetero) is 2. The highest BCUT2D eigenvalue weighted by atomic mass is 16.5. The number of pyridine rings is 1. The molecule has 2 aliphatic carbocycles. The van der Waals surface area contributed by atoms with Gasteiger partial charge in [0.15, 0.2) is 17.3 Å². The number of fused-ring (bicyclic) bond motifs is 2. The number of carbonyl (C=O) groups excluding carboxylic acids is 2. The molecule has 2 aromatic rings. The predicted molar refractivity (Wildman–Crippen MR) is 217 cm³/mol. The van der Waals surface area contributed by atoms with Crippen LogP contribution in [0.4, 0.5) is 5.82 Å². The summed E-state index contributed by atoms with van der Waals surface area (Å²) in [6.45, 7) is 1.63. The van der Waals surface area contributed by atoms with Gasteiger partial charge in [0.2, 0.25) is 0 Å². The Hall–Kier alpha value is -4.08. The maximum Gasteiger partial charge on any atom is 0.160 e. The molecule has 1 saturated heterocycles. The molecule has 302 valence electrons.